The van der Waals surface area contributed by atoms with Gasteiger partial charge in [-0.3, -0.25) is 9.59 Å². The van der Waals surface area contributed by atoms with Gasteiger partial charge in [-0.15, -0.1) is 0 Å². The van der Waals surface area contributed by atoms with Gasteiger partial charge in [0.15, 0.2) is 0 Å². The van der Waals surface area contributed by atoms with Crippen LogP contribution in [0.2, 0.25) is 0 Å². The van der Waals surface area contributed by atoms with Crippen LogP contribution in [0.25, 0.3) is 0 Å². The van der Waals surface area contributed by atoms with Crippen LogP contribution < -0.4 is 5.32 Å². The first-order valence-electron chi connectivity index (χ1n) is 9.07. The minimum absolute atomic E-state index is 0.122. The second-order valence-electron chi connectivity index (χ2n) is 7.81. The van der Waals surface area contributed by atoms with Crippen molar-refractivity contribution in [1.82, 2.24) is 14.5 Å². The topological polar surface area (TPSA) is 111 Å². The van der Waals surface area contributed by atoms with E-state index in [0.717, 1.165) is 0 Å². The van der Waals surface area contributed by atoms with Crippen LogP contribution in [0.15, 0.2) is 29.2 Å². The summed E-state index contributed by atoms with van der Waals surface area (Å²) in [6.07, 6.45) is 0. The van der Waals surface area contributed by atoms with E-state index in [1.165, 1.54) is 28.6 Å². The highest BCUT2D eigenvalue weighted by molar-refractivity contribution is 7.89. The van der Waals surface area contributed by atoms with E-state index in [1.54, 1.807) is 32.6 Å². The molecule has 9 heteroatoms. The number of rotatable bonds is 4. The summed E-state index contributed by atoms with van der Waals surface area (Å²) in [5, 5.41) is 11.5. The molecule has 0 unspecified atom stereocenters. The highest BCUT2D eigenvalue weighted by atomic mass is 32.2. The molecule has 0 aromatic heterocycles. The lowest BCUT2D eigenvalue weighted by Crippen LogP contribution is -2.55. The van der Waals surface area contributed by atoms with E-state index in [4.69, 9.17) is 5.26 Å². The Bertz CT molecular complexity index is 874. The van der Waals surface area contributed by atoms with Crippen LogP contribution in [0.3, 0.4) is 0 Å². The lowest BCUT2D eigenvalue weighted by Gasteiger charge is -2.35. The van der Waals surface area contributed by atoms with E-state index < -0.39 is 21.5 Å². The first-order chi connectivity index (χ1) is 13.0. The molecule has 1 N–H and O–H groups in total. The monoisotopic (exact) mass is 406 g/mol. The summed E-state index contributed by atoms with van der Waals surface area (Å²) in [6.45, 7) is 7.80. The van der Waals surface area contributed by atoms with Crippen molar-refractivity contribution in [2.24, 2.45) is 5.41 Å². The zero-order chi connectivity index (χ0) is 21.1. The zero-order valence-corrected chi connectivity index (χ0v) is 17.4. The number of piperazine rings is 1. The molecule has 0 saturated carbocycles. The van der Waals surface area contributed by atoms with Crippen molar-refractivity contribution in [3.63, 3.8) is 0 Å². The molecule has 1 fully saturated rings. The molecule has 1 aliphatic heterocycles. The smallest absolute Gasteiger partial charge is 0.244 e. The van der Waals surface area contributed by atoms with Gasteiger partial charge in [0.1, 0.15) is 6.04 Å². The fraction of sp³-hybridized carbons (Fsp3) is 0.526. The Morgan fingerprint density at radius 2 is 1.64 bits per heavy atom. The highest BCUT2D eigenvalue weighted by Gasteiger charge is 2.32. The normalized spacial score (nSPS) is 16.9. The third kappa shape index (κ3) is 4.88. The van der Waals surface area contributed by atoms with Crippen molar-refractivity contribution >= 4 is 21.8 Å². The van der Waals surface area contributed by atoms with E-state index in [1.807, 2.05) is 6.07 Å². The minimum Gasteiger partial charge on any atom is -0.344 e. The lowest BCUT2D eigenvalue weighted by molar-refractivity contribution is -0.139. The third-order valence-electron chi connectivity index (χ3n) is 4.57. The van der Waals surface area contributed by atoms with Crippen LogP contribution in [0.4, 0.5) is 0 Å². The molecule has 1 saturated heterocycles. The fourth-order valence-corrected chi connectivity index (χ4v) is 4.17. The van der Waals surface area contributed by atoms with Crippen LogP contribution >= 0.6 is 0 Å². The Labute approximate surface area is 166 Å². The molecule has 1 heterocycles. The Kier molecular flexibility index (Phi) is 6.47. The third-order valence-corrected chi connectivity index (χ3v) is 6.48. The average Bonchev–Trinajstić information content (AvgIpc) is 2.66. The van der Waals surface area contributed by atoms with Gasteiger partial charge in [-0.25, -0.2) is 8.42 Å². The second kappa shape index (κ2) is 8.29. The summed E-state index contributed by atoms with van der Waals surface area (Å²) < 4.78 is 26.8. The molecule has 1 aliphatic rings. The molecular formula is C19H26N4O4S. The molecule has 2 rings (SSSR count). The number of sulfonamides is 1. The van der Waals surface area contributed by atoms with Gasteiger partial charge in [0, 0.05) is 31.6 Å². The van der Waals surface area contributed by atoms with Gasteiger partial charge in [0.25, 0.3) is 0 Å². The molecule has 1 atom stereocenters. The molecular weight excluding hydrogens is 380 g/mol. The van der Waals surface area contributed by atoms with Gasteiger partial charge in [-0.1, -0.05) is 20.8 Å². The molecule has 0 aliphatic carbocycles. The molecule has 2 amide bonds. The highest BCUT2D eigenvalue weighted by Crippen LogP contribution is 2.19. The fourth-order valence-electron chi connectivity index (χ4n) is 2.75. The largest absolute Gasteiger partial charge is 0.344 e. The Balaban J connectivity index is 1.98. The summed E-state index contributed by atoms with van der Waals surface area (Å²) in [7, 11) is -3.68. The van der Waals surface area contributed by atoms with Crippen LogP contribution in [-0.4, -0.2) is 61.7 Å². The number of nitrogens with one attached hydrogen (secondary N) is 1. The predicted molar refractivity (Wildman–Crippen MR) is 104 cm³/mol. The molecule has 0 radical (unpaired) electrons. The summed E-state index contributed by atoms with van der Waals surface area (Å²) in [6, 6.07) is 7.03. The summed E-state index contributed by atoms with van der Waals surface area (Å²) >= 11 is 0. The molecule has 0 spiro atoms. The number of hydrogen-bond donors (Lipinski definition) is 1. The quantitative estimate of drug-likeness (QED) is 0.800. The van der Waals surface area contributed by atoms with Crippen LogP contribution in [0.1, 0.15) is 33.3 Å². The second-order valence-corrected chi connectivity index (χ2v) is 9.75. The van der Waals surface area contributed by atoms with Gasteiger partial charge >= 0.3 is 0 Å². The van der Waals surface area contributed by atoms with Crippen molar-refractivity contribution in [2.75, 3.05) is 26.2 Å². The number of hydrogen-bond acceptors (Lipinski definition) is 5. The summed E-state index contributed by atoms with van der Waals surface area (Å²) in [5.41, 5.74) is -0.205. The van der Waals surface area contributed by atoms with E-state index >= 15 is 0 Å². The lowest BCUT2D eigenvalue weighted by atomic mass is 9.95. The maximum absolute atomic E-state index is 12.7. The number of nitriles is 1. The Morgan fingerprint density at radius 1 is 1.11 bits per heavy atom. The maximum atomic E-state index is 12.7. The summed E-state index contributed by atoms with van der Waals surface area (Å²) in [5.74, 6) is -0.441. The number of amides is 2. The Morgan fingerprint density at radius 3 is 2.11 bits per heavy atom. The molecule has 28 heavy (non-hydrogen) atoms. The molecule has 8 nitrogen and oxygen atoms in total. The van der Waals surface area contributed by atoms with Gasteiger partial charge in [-0.2, -0.15) is 9.57 Å². The van der Waals surface area contributed by atoms with Crippen LogP contribution in [0.5, 0.6) is 0 Å². The van der Waals surface area contributed by atoms with E-state index in [2.05, 4.69) is 5.32 Å². The van der Waals surface area contributed by atoms with Gasteiger partial charge in [0.2, 0.25) is 21.8 Å². The molecule has 0 bridgehead atoms. The zero-order valence-electron chi connectivity index (χ0n) is 16.6. The van der Waals surface area contributed by atoms with Gasteiger partial charge < -0.3 is 10.2 Å². The van der Waals surface area contributed by atoms with Crippen molar-refractivity contribution in [3.8, 4) is 6.07 Å². The van der Waals surface area contributed by atoms with Gasteiger partial charge in [-0.05, 0) is 31.2 Å². The molecule has 1 aromatic carbocycles. The summed E-state index contributed by atoms with van der Waals surface area (Å²) in [4.78, 5) is 26.3. The number of benzene rings is 1. The van der Waals surface area contributed by atoms with Crippen molar-refractivity contribution in [1.29, 1.82) is 5.26 Å². The van der Waals surface area contributed by atoms with Crippen molar-refractivity contribution < 1.29 is 18.0 Å². The SMILES string of the molecule is C[C@H](NC(=O)C(C)(C)C)C(=O)N1CCN(S(=O)(=O)c2ccc(C#N)cc2)CC1. The minimum atomic E-state index is -3.68. The Hall–Kier alpha value is -2.44. The van der Waals surface area contributed by atoms with Gasteiger partial charge in [0.05, 0.1) is 16.5 Å². The number of nitrogens with zero attached hydrogens (tertiary/aromatic N) is 3. The predicted octanol–water partition coefficient (Wildman–Crippen LogP) is 0.942. The number of carbonyl (C=O) groups is 2. The van der Waals surface area contributed by atoms with Crippen LogP contribution in [0, 0.1) is 16.7 Å². The molecule has 152 valence electrons. The van der Waals surface area contributed by atoms with Crippen molar-refractivity contribution in [2.45, 2.75) is 38.6 Å². The van der Waals surface area contributed by atoms with E-state index in [0.29, 0.717) is 5.56 Å². The first-order valence-corrected chi connectivity index (χ1v) is 10.5. The van der Waals surface area contributed by atoms with Crippen LogP contribution in [-0.2, 0) is 19.6 Å². The van der Waals surface area contributed by atoms with E-state index in [9.17, 15) is 18.0 Å². The average molecular weight is 407 g/mol. The van der Waals surface area contributed by atoms with E-state index in [-0.39, 0.29) is 42.9 Å². The maximum Gasteiger partial charge on any atom is 0.244 e. The van der Waals surface area contributed by atoms with Crippen molar-refractivity contribution in [3.05, 3.63) is 29.8 Å². The first kappa shape index (κ1) is 21.9. The number of carbonyl (C=O) groups excluding carboxylic acids is 2. The standard InChI is InChI=1S/C19H26N4O4S/c1-14(21-18(25)19(2,3)4)17(24)22-9-11-23(12-10-22)28(26,27)16-7-5-15(13-20)6-8-16/h5-8,14H,9-12H2,1-4H3,(H,21,25)/t14-/m0/s1. The molecule has 1 aromatic rings.